The van der Waals surface area contributed by atoms with Gasteiger partial charge < -0.3 is 5.32 Å². The molecule has 1 aromatic carbocycles. The van der Waals surface area contributed by atoms with Gasteiger partial charge in [-0.25, -0.2) is 13.8 Å². The number of halogens is 3. The van der Waals surface area contributed by atoms with Crippen molar-refractivity contribution in [1.29, 1.82) is 0 Å². The molecule has 0 saturated carbocycles. The molecule has 1 aromatic heterocycles. The van der Waals surface area contributed by atoms with Crippen molar-refractivity contribution in [1.82, 2.24) is 9.97 Å². The summed E-state index contributed by atoms with van der Waals surface area (Å²) in [7, 11) is 0. The fourth-order valence-corrected chi connectivity index (χ4v) is 1.43. The van der Waals surface area contributed by atoms with Gasteiger partial charge in [0.2, 0.25) is 11.1 Å². The van der Waals surface area contributed by atoms with Gasteiger partial charge in [0.05, 0.1) is 10.6 Å². The zero-order valence-corrected chi connectivity index (χ0v) is 9.86. The zero-order chi connectivity index (χ0) is 14.0. The highest BCUT2D eigenvalue weighted by molar-refractivity contribution is 6.28. The average molecular weight is 287 g/mol. The second-order valence-electron chi connectivity index (χ2n) is 3.38. The Kier molecular flexibility index (Phi) is 3.52. The Morgan fingerprint density at radius 2 is 2.11 bits per heavy atom. The molecular weight excluding hydrogens is 282 g/mol. The number of nitrogens with zero attached hydrogens (tertiary/aromatic N) is 3. The quantitative estimate of drug-likeness (QED) is 0.533. The van der Waals surface area contributed by atoms with Gasteiger partial charge in [-0.3, -0.25) is 10.1 Å². The minimum Gasteiger partial charge on any atom is -0.332 e. The predicted octanol–water partition coefficient (Wildman–Crippen LogP) is 3.06. The fourth-order valence-electron chi connectivity index (χ4n) is 1.30. The van der Waals surface area contributed by atoms with E-state index in [1.807, 2.05) is 0 Å². The topological polar surface area (TPSA) is 81.0 Å². The van der Waals surface area contributed by atoms with E-state index in [4.69, 9.17) is 11.6 Å². The van der Waals surface area contributed by atoms with Crippen molar-refractivity contribution in [2.24, 2.45) is 0 Å². The van der Waals surface area contributed by atoms with Crippen molar-refractivity contribution in [3.8, 4) is 0 Å². The number of benzene rings is 1. The first-order valence-electron chi connectivity index (χ1n) is 4.86. The summed E-state index contributed by atoms with van der Waals surface area (Å²) >= 11 is 5.51. The van der Waals surface area contributed by atoms with E-state index in [0.717, 1.165) is 18.3 Å². The van der Waals surface area contributed by atoms with Gasteiger partial charge >= 0.3 is 5.69 Å². The molecule has 2 rings (SSSR count). The normalized spacial score (nSPS) is 10.3. The number of hydrogen-bond donors (Lipinski definition) is 1. The number of anilines is 2. The lowest BCUT2D eigenvalue weighted by atomic mass is 10.3. The lowest BCUT2D eigenvalue weighted by Crippen LogP contribution is -2.02. The maximum absolute atomic E-state index is 13.4. The summed E-state index contributed by atoms with van der Waals surface area (Å²) in [6, 6.07) is 2.72. The fraction of sp³-hybridized carbons (Fsp3) is 0. The van der Waals surface area contributed by atoms with Crippen LogP contribution in [0.4, 0.5) is 26.0 Å². The number of aromatic nitrogens is 2. The maximum Gasteiger partial charge on any atom is 0.329 e. The van der Waals surface area contributed by atoms with Crippen LogP contribution in [0.25, 0.3) is 0 Å². The Labute approximate surface area is 110 Å². The van der Waals surface area contributed by atoms with E-state index in [1.54, 1.807) is 0 Å². The van der Waals surface area contributed by atoms with Crippen LogP contribution in [-0.4, -0.2) is 14.9 Å². The maximum atomic E-state index is 13.4. The lowest BCUT2D eigenvalue weighted by molar-refractivity contribution is -0.384. The minimum atomic E-state index is -0.913. The lowest BCUT2D eigenvalue weighted by Gasteiger charge is -2.07. The summed E-state index contributed by atoms with van der Waals surface area (Å²) in [5, 5.41) is 12.9. The van der Waals surface area contributed by atoms with Gasteiger partial charge in [-0.05, 0) is 23.7 Å². The first kappa shape index (κ1) is 13.1. The van der Waals surface area contributed by atoms with Crippen LogP contribution in [0.1, 0.15) is 0 Å². The Balaban J connectivity index is 2.42. The molecule has 0 aliphatic heterocycles. The summed E-state index contributed by atoms with van der Waals surface area (Å²) < 4.78 is 26.2. The van der Waals surface area contributed by atoms with Crippen LogP contribution in [-0.2, 0) is 0 Å². The molecule has 0 unspecified atom stereocenters. The molecule has 6 nitrogen and oxygen atoms in total. The predicted molar refractivity (Wildman–Crippen MR) is 63.3 cm³/mol. The molecule has 2 aromatic rings. The Hall–Kier alpha value is -2.35. The highest BCUT2D eigenvalue weighted by Crippen LogP contribution is 2.27. The molecule has 0 radical (unpaired) electrons. The van der Waals surface area contributed by atoms with Crippen molar-refractivity contribution < 1.29 is 13.7 Å². The summed E-state index contributed by atoms with van der Waals surface area (Å²) in [6.45, 7) is 0. The van der Waals surface area contributed by atoms with Gasteiger partial charge in [0.1, 0.15) is 17.8 Å². The third-order valence-corrected chi connectivity index (χ3v) is 2.30. The summed E-state index contributed by atoms with van der Waals surface area (Å²) in [6.07, 6.45) is 0.888. The highest BCUT2D eigenvalue weighted by atomic mass is 35.5. The van der Waals surface area contributed by atoms with Crippen molar-refractivity contribution in [2.45, 2.75) is 0 Å². The number of hydrogen-bond acceptors (Lipinski definition) is 5. The number of rotatable bonds is 3. The van der Waals surface area contributed by atoms with Crippen molar-refractivity contribution in [2.75, 3.05) is 5.32 Å². The van der Waals surface area contributed by atoms with Crippen molar-refractivity contribution in [3.05, 3.63) is 51.4 Å². The van der Waals surface area contributed by atoms with Crippen LogP contribution in [0.15, 0.2) is 24.4 Å². The van der Waals surface area contributed by atoms with Gasteiger partial charge in [-0.1, -0.05) is 0 Å². The third kappa shape index (κ3) is 2.91. The first-order valence-corrected chi connectivity index (χ1v) is 5.24. The molecule has 0 atom stereocenters. The van der Waals surface area contributed by atoms with Crippen LogP contribution in [0.3, 0.4) is 0 Å². The van der Waals surface area contributed by atoms with Crippen molar-refractivity contribution >= 4 is 28.8 Å². The highest BCUT2D eigenvalue weighted by Gasteiger charge is 2.18. The molecule has 19 heavy (non-hydrogen) atoms. The standard InChI is InChI=1S/C10H5ClF2N4O2/c11-10-14-4-8(17(18)19)9(16-10)15-7-2-1-5(12)3-6(7)13/h1-4H,(H,14,15,16). The van der Waals surface area contributed by atoms with Crippen LogP contribution in [0.5, 0.6) is 0 Å². The molecule has 0 bridgehead atoms. The molecule has 9 heteroatoms. The Bertz CT molecular complexity index is 653. The summed E-state index contributed by atoms with van der Waals surface area (Å²) in [4.78, 5) is 17.1. The zero-order valence-electron chi connectivity index (χ0n) is 9.10. The van der Waals surface area contributed by atoms with E-state index in [-0.39, 0.29) is 16.8 Å². The molecule has 0 spiro atoms. The molecular formula is C10H5ClF2N4O2. The van der Waals surface area contributed by atoms with E-state index in [9.17, 15) is 18.9 Å². The van der Waals surface area contributed by atoms with Gasteiger partial charge in [-0.15, -0.1) is 0 Å². The van der Waals surface area contributed by atoms with Crippen LogP contribution in [0, 0.1) is 21.7 Å². The Morgan fingerprint density at radius 3 is 2.74 bits per heavy atom. The van der Waals surface area contributed by atoms with E-state index >= 15 is 0 Å². The minimum absolute atomic E-state index is 0.167. The van der Waals surface area contributed by atoms with Gasteiger partial charge in [0.15, 0.2) is 0 Å². The number of nitro groups is 1. The van der Waals surface area contributed by atoms with Crippen LogP contribution < -0.4 is 5.32 Å². The molecule has 98 valence electrons. The molecule has 0 saturated heterocycles. The van der Waals surface area contributed by atoms with Gasteiger partial charge in [0, 0.05) is 6.07 Å². The first-order chi connectivity index (χ1) is 8.97. The number of nitrogens with one attached hydrogen (secondary N) is 1. The van der Waals surface area contributed by atoms with Gasteiger partial charge in [-0.2, -0.15) is 4.98 Å². The molecule has 1 heterocycles. The van der Waals surface area contributed by atoms with E-state index < -0.39 is 22.2 Å². The van der Waals surface area contributed by atoms with E-state index in [1.165, 1.54) is 0 Å². The summed E-state index contributed by atoms with van der Waals surface area (Å²) in [5.41, 5.74) is -0.646. The molecule has 0 fully saturated rings. The van der Waals surface area contributed by atoms with Crippen molar-refractivity contribution in [3.63, 3.8) is 0 Å². The monoisotopic (exact) mass is 286 g/mol. The second-order valence-corrected chi connectivity index (χ2v) is 3.72. The third-order valence-electron chi connectivity index (χ3n) is 2.12. The van der Waals surface area contributed by atoms with E-state index in [2.05, 4.69) is 15.3 Å². The SMILES string of the molecule is O=[N+]([O-])c1cnc(Cl)nc1Nc1ccc(F)cc1F. The summed E-state index contributed by atoms with van der Waals surface area (Å²) in [5.74, 6) is -1.96. The molecule has 0 amide bonds. The van der Waals surface area contributed by atoms with Gasteiger partial charge in [0.25, 0.3) is 0 Å². The smallest absolute Gasteiger partial charge is 0.329 e. The average Bonchev–Trinajstić information content (AvgIpc) is 2.32. The van der Waals surface area contributed by atoms with Crippen LogP contribution >= 0.6 is 11.6 Å². The Morgan fingerprint density at radius 1 is 1.37 bits per heavy atom. The molecule has 0 aliphatic carbocycles. The van der Waals surface area contributed by atoms with Crippen LogP contribution in [0.2, 0.25) is 5.28 Å². The molecule has 1 N–H and O–H groups in total. The second kappa shape index (κ2) is 5.11. The molecule has 0 aliphatic rings. The largest absolute Gasteiger partial charge is 0.332 e. The van der Waals surface area contributed by atoms with E-state index in [0.29, 0.717) is 6.07 Å².